The minimum absolute atomic E-state index is 0.116. The number of rotatable bonds is 6. The fraction of sp³-hybridized carbons (Fsp3) is 0.107. The summed E-state index contributed by atoms with van der Waals surface area (Å²) in [6.45, 7) is 3.55. The van der Waals surface area contributed by atoms with Crippen LogP contribution in [0.5, 0.6) is 0 Å². The van der Waals surface area contributed by atoms with E-state index in [-0.39, 0.29) is 11.3 Å². The monoisotopic (exact) mass is 529 g/mol. The van der Waals surface area contributed by atoms with Crippen LogP contribution in [0.3, 0.4) is 0 Å². The lowest BCUT2D eigenvalue weighted by atomic mass is 10.1. The van der Waals surface area contributed by atoms with Crippen LogP contribution < -0.4 is 10.6 Å². The van der Waals surface area contributed by atoms with Crippen molar-refractivity contribution < 1.29 is 18.0 Å². The van der Waals surface area contributed by atoms with E-state index in [0.717, 1.165) is 17.2 Å². The Morgan fingerprint density at radius 3 is 2.54 bits per heavy atom. The minimum Gasteiger partial charge on any atom is -0.324 e. The van der Waals surface area contributed by atoms with Crippen LogP contribution in [-0.2, 0) is 6.18 Å². The molecule has 0 aliphatic rings. The molecule has 3 aromatic heterocycles. The summed E-state index contributed by atoms with van der Waals surface area (Å²) in [6, 6.07) is 14.0. The Morgan fingerprint density at radius 1 is 0.974 bits per heavy atom. The molecule has 5 rings (SSSR count). The number of alkyl halides is 3. The van der Waals surface area contributed by atoms with Crippen molar-refractivity contribution in [2.24, 2.45) is 0 Å². The first-order chi connectivity index (χ1) is 18.7. The van der Waals surface area contributed by atoms with E-state index >= 15 is 0 Å². The number of benzene rings is 2. The number of halogens is 3. The molecule has 0 unspecified atom stereocenters. The van der Waals surface area contributed by atoms with Crippen LogP contribution in [0.4, 0.5) is 30.5 Å². The molecule has 5 aromatic rings. The lowest BCUT2D eigenvalue weighted by Gasteiger charge is -2.15. The highest BCUT2D eigenvalue weighted by atomic mass is 19.4. The second kappa shape index (κ2) is 10.4. The van der Waals surface area contributed by atoms with Gasteiger partial charge in [0.2, 0.25) is 5.95 Å². The average Bonchev–Trinajstić information content (AvgIpc) is 3.36. The fourth-order valence-electron chi connectivity index (χ4n) is 3.93. The Hall–Kier alpha value is -5.06. The molecule has 0 fully saturated rings. The number of nitrogens with zero attached hydrogens (tertiary/aromatic N) is 5. The predicted octanol–water partition coefficient (Wildman–Crippen LogP) is 6.36. The van der Waals surface area contributed by atoms with Gasteiger partial charge in [-0.2, -0.15) is 13.2 Å². The van der Waals surface area contributed by atoms with E-state index in [1.54, 1.807) is 49.8 Å². The topological polar surface area (TPSA) is 97.6 Å². The van der Waals surface area contributed by atoms with Crippen molar-refractivity contribution in [3.05, 3.63) is 108 Å². The Balaban J connectivity index is 1.38. The number of amides is 1. The van der Waals surface area contributed by atoms with Gasteiger partial charge >= 0.3 is 6.18 Å². The maximum Gasteiger partial charge on any atom is 0.418 e. The highest BCUT2D eigenvalue weighted by molar-refractivity contribution is 6.04. The molecule has 39 heavy (non-hydrogen) atoms. The van der Waals surface area contributed by atoms with Crippen LogP contribution in [0.1, 0.15) is 27.2 Å². The van der Waals surface area contributed by atoms with Crippen molar-refractivity contribution in [2.75, 3.05) is 10.6 Å². The minimum atomic E-state index is -4.67. The lowest BCUT2D eigenvalue weighted by molar-refractivity contribution is -0.137. The zero-order valence-electron chi connectivity index (χ0n) is 20.9. The molecule has 11 heteroatoms. The second-order valence-corrected chi connectivity index (χ2v) is 8.77. The maximum atomic E-state index is 13.9. The van der Waals surface area contributed by atoms with Crippen molar-refractivity contribution in [1.82, 2.24) is 24.5 Å². The molecular weight excluding hydrogens is 507 g/mol. The third-order valence-corrected chi connectivity index (χ3v) is 5.91. The number of imidazole rings is 1. The third-order valence-electron chi connectivity index (χ3n) is 5.91. The van der Waals surface area contributed by atoms with E-state index in [2.05, 4.69) is 30.6 Å². The van der Waals surface area contributed by atoms with Gasteiger partial charge in [-0.1, -0.05) is 6.07 Å². The Morgan fingerprint density at radius 2 is 1.82 bits per heavy atom. The third kappa shape index (κ3) is 5.77. The number of anilines is 3. The van der Waals surface area contributed by atoms with Gasteiger partial charge in [-0.15, -0.1) is 0 Å². The van der Waals surface area contributed by atoms with E-state index in [1.165, 1.54) is 29.2 Å². The number of aromatic nitrogens is 5. The number of aryl methyl sites for hydroxylation is 2. The molecule has 1 amide bonds. The summed E-state index contributed by atoms with van der Waals surface area (Å²) in [4.78, 5) is 29.8. The molecule has 0 radical (unpaired) electrons. The summed E-state index contributed by atoms with van der Waals surface area (Å²) in [5.41, 5.74) is 2.75. The van der Waals surface area contributed by atoms with Crippen LogP contribution in [0.25, 0.3) is 16.9 Å². The van der Waals surface area contributed by atoms with Crippen molar-refractivity contribution in [2.45, 2.75) is 20.0 Å². The van der Waals surface area contributed by atoms with E-state index in [1.807, 2.05) is 19.1 Å². The molecule has 0 bridgehead atoms. The molecule has 0 atom stereocenters. The quantitative estimate of drug-likeness (QED) is 0.266. The summed E-state index contributed by atoms with van der Waals surface area (Å²) >= 11 is 0. The van der Waals surface area contributed by atoms with Crippen molar-refractivity contribution in [3.8, 4) is 16.9 Å². The molecule has 196 valence electrons. The van der Waals surface area contributed by atoms with Crippen LogP contribution in [0.15, 0.2) is 85.7 Å². The number of nitrogens with one attached hydrogen (secondary N) is 2. The number of carbonyl (C=O) groups is 1. The maximum absolute atomic E-state index is 13.9. The van der Waals surface area contributed by atoms with Crippen LogP contribution >= 0.6 is 0 Å². The summed E-state index contributed by atoms with van der Waals surface area (Å²) in [7, 11) is 0. The van der Waals surface area contributed by atoms with Crippen LogP contribution in [0, 0.1) is 13.8 Å². The first kappa shape index (κ1) is 25.6. The van der Waals surface area contributed by atoms with Crippen molar-refractivity contribution >= 4 is 23.2 Å². The van der Waals surface area contributed by atoms with Crippen molar-refractivity contribution in [1.29, 1.82) is 0 Å². The number of hydrogen-bond acceptors (Lipinski definition) is 6. The number of pyridine rings is 1. The summed E-state index contributed by atoms with van der Waals surface area (Å²) in [5, 5.41) is 5.82. The second-order valence-electron chi connectivity index (χ2n) is 8.77. The van der Waals surface area contributed by atoms with Gasteiger partial charge in [0.1, 0.15) is 0 Å². The zero-order valence-corrected chi connectivity index (χ0v) is 20.9. The van der Waals surface area contributed by atoms with Gasteiger partial charge in [0.25, 0.3) is 5.91 Å². The predicted molar refractivity (Wildman–Crippen MR) is 141 cm³/mol. The summed E-state index contributed by atoms with van der Waals surface area (Å²) in [6.07, 6.45) is 3.10. The number of carbonyl (C=O) groups excluding carboxylic acids is 1. The zero-order chi connectivity index (χ0) is 27.6. The highest BCUT2D eigenvalue weighted by Crippen LogP contribution is 2.35. The molecule has 0 spiro atoms. The molecule has 0 saturated heterocycles. The molecule has 3 heterocycles. The summed E-state index contributed by atoms with van der Waals surface area (Å²) in [5.74, 6) is -0.346. The van der Waals surface area contributed by atoms with Crippen LogP contribution in [-0.4, -0.2) is 30.4 Å². The molecule has 0 aliphatic carbocycles. The first-order valence-corrected chi connectivity index (χ1v) is 11.8. The van der Waals surface area contributed by atoms with Gasteiger partial charge in [0.05, 0.1) is 29.0 Å². The smallest absolute Gasteiger partial charge is 0.324 e. The van der Waals surface area contributed by atoms with Gasteiger partial charge in [0, 0.05) is 47.3 Å². The molecule has 0 saturated carbocycles. The molecule has 2 aromatic carbocycles. The van der Waals surface area contributed by atoms with Gasteiger partial charge in [-0.3, -0.25) is 9.78 Å². The molecular formula is C28H22F3N7O. The normalized spacial score (nSPS) is 11.3. The SMILES string of the molecule is Cc1cn(-c2ccc(C(=O)Nc3ccc(C)c(Nc4nccc(-c5cccnc5)n4)c3)cc2C(F)(F)F)cn1. The fourth-order valence-corrected chi connectivity index (χ4v) is 3.93. The first-order valence-electron chi connectivity index (χ1n) is 11.8. The Kier molecular flexibility index (Phi) is 6.80. The molecule has 8 nitrogen and oxygen atoms in total. The molecule has 0 aliphatic heterocycles. The van der Waals surface area contributed by atoms with Crippen molar-refractivity contribution in [3.63, 3.8) is 0 Å². The van der Waals surface area contributed by atoms with Gasteiger partial charge in [-0.05, 0) is 67.9 Å². The van der Waals surface area contributed by atoms with Gasteiger partial charge < -0.3 is 15.2 Å². The standard InChI is InChI=1S/C28H22F3N7O/c1-17-5-7-21(13-24(17)37-27-33-11-9-23(36-27)20-4-3-10-32-14-20)35-26(39)19-6-8-25(22(12-19)28(29,30)31)38-15-18(2)34-16-38/h3-16H,1-2H3,(H,35,39)(H,33,36,37). The van der Waals surface area contributed by atoms with E-state index in [4.69, 9.17) is 0 Å². The van der Waals surface area contributed by atoms with Gasteiger partial charge in [-0.25, -0.2) is 15.0 Å². The average molecular weight is 530 g/mol. The highest BCUT2D eigenvalue weighted by Gasteiger charge is 2.35. The van der Waals surface area contributed by atoms with E-state index in [0.29, 0.717) is 28.7 Å². The largest absolute Gasteiger partial charge is 0.418 e. The lowest BCUT2D eigenvalue weighted by Crippen LogP contribution is -2.16. The number of hydrogen-bond donors (Lipinski definition) is 2. The molecule has 2 N–H and O–H groups in total. The van der Waals surface area contributed by atoms with Gasteiger partial charge in [0.15, 0.2) is 0 Å². The van der Waals surface area contributed by atoms with E-state index in [9.17, 15) is 18.0 Å². The summed E-state index contributed by atoms with van der Waals surface area (Å²) < 4.78 is 42.9. The van der Waals surface area contributed by atoms with E-state index < -0.39 is 17.6 Å². The Bertz CT molecular complexity index is 1650. The Labute approximate surface area is 221 Å². The van der Waals surface area contributed by atoms with Crippen LogP contribution in [0.2, 0.25) is 0 Å².